The van der Waals surface area contributed by atoms with Gasteiger partial charge < -0.3 is 15.3 Å². The number of hydrogen-bond donors (Lipinski definition) is 3. The summed E-state index contributed by atoms with van der Waals surface area (Å²) in [6, 6.07) is 12.3. The van der Waals surface area contributed by atoms with Gasteiger partial charge in [-0.25, -0.2) is 0 Å². The summed E-state index contributed by atoms with van der Waals surface area (Å²) < 4.78 is 1.73. The minimum atomic E-state index is -0.694. The molecule has 0 fully saturated rings. The predicted octanol–water partition coefficient (Wildman–Crippen LogP) is 2.47. The van der Waals surface area contributed by atoms with Crippen LogP contribution in [0.1, 0.15) is 21.5 Å². The average Bonchev–Trinajstić information content (AvgIpc) is 3.00. The van der Waals surface area contributed by atoms with Crippen LogP contribution in [0.2, 0.25) is 0 Å². The van der Waals surface area contributed by atoms with Gasteiger partial charge in [-0.2, -0.15) is 5.10 Å². The van der Waals surface area contributed by atoms with Crippen molar-refractivity contribution in [1.29, 1.82) is 0 Å². The third-order valence-electron chi connectivity index (χ3n) is 3.67. The average molecular weight is 324 g/mol. The van der Waals surface area contributed by atoms with Crippen molar-refractivity contribution < 1.29 is 20.1 Å². The second-order valence-corrected chi connectivity index (χ2v) is 5.46. The lowest BCUT2D eigenvalue weighted by atomic mass is 10.0. The zero-order chi connectivity index (χ0) is 17.1. The number of phenolic OH excluding ortho intramolecular Hbond substituents is 3. The van der Waals surface area contributed by atoms with E-state index in [9.17, 15) is 20.1 Å². The summed E-state index contributed by atoms with van der Waals surface area (Å²) in [6.45, 7) is 0.597. The zero-order valence-electron chi connectivity index (χ0n) is 12.8. The van der Waals surface area contributed by atoms with Gasteiger partial charge in [0.2, 0.25) is 5.75 Å². The summed E-state index contributed by atoms with van der Waals surface area (Å²) in [5.74, 6) is -2.15. The van der Waals surface area contributed by atoms with E-state index in [4.69, 9.17) is 0 Å². The van der Waals surface area contributed by atoms with Gasteiger partial charge in [0.1, 0.15) is 0 Å². The Balaban J connectivity index is 1.73. The van der Waals surface area contributed by atoms with Gasteiger partial charge in [0.05, 0.1) is 18.3 Å². The highest BCUT2D eigenvalue weighted by molar-refractivity contribution is 6.00. The first-order valence-corrected chi connectivity index (χ1v) is 7.37. The summed E-state index contributed by atoms with van der Waals surface area (Å²) >= 11 is 0. The van der Waals surface area contributed by atoms with E-state index in [-0.39, 0.29) is 17.8 Å². The minimum Gasteiger partial charge on any atom is -0.504 e. The largest absolute Gasteiger partial charge is 0.504 e. The molecule has 24 heavy (non-hydrogen) atoms. The smallest absolute Gasteiger partial charge is 0.201 e. The minimum absolute atomic E-state index is 0.0343. The molecule has 122 valence electrons. The molecule has 0 bridgehead atoms. The highest BCUT2D eigenvalue weighted by Crippen LogP contribution is 2.37. The van der Waals surface area contributed by atoms with Gasteiger partial charge in [-0.05, 0) is 23.3 Å². The van der Waals surface area contributed by atoms with Gasteiger partial charge >= 0.3 is 0 Å². The Morgan fingerprint density at radius 1 is 0.958 bits per heavy atom. The van der Waals surface area contributed by atoms with Gasteiger partial charge in [-0.15, -0.1) is 0 Å². The maximum absolute atomic E-state index is 12.3. The van der Waals surface area contributed by atoms with Crippen LogP contribution in [0, 0.1) is 0 Å². The highest BCUT2D eigenvalue weighted by Gasteiger charge is 2.18. The summed E-state index contributed by atoms with van der Waals surface area (Å²) in [7, 11) is 0. The number of nitrogens with zero attached hydrogens (tertiary/aromatic N) is 2. The van der Waals surface area contributed by atoms with E-state index in [0.29, 0.717) is 12.1 Å². The van der Waals surface area contributed by atoms with E-state index in [2.05, 4.69) is 5.10 Å². The molecule has 0 spiro atoms. The Morgan fingerprint density at radius 3 is 2.46 bits per heavy atom. The molecule has 6 nitrogen and oxygen atoms in total. The van der Waals surface area contributed by atoms with Crippen LogP contribution in [0.3, 0.4) is 0 Å². The maximum Gasteiger partial charge on any atom is 0.201 e. The molecule has 2 aromatic carbocycles. The first-order chi connectivity index (χ1) is 11.5. The van der Waals surface area contributed by atoms with Gasteiger partial charge in [-0.3, -0.25) is 9.48 Å². The summed E-state index contributed by atoms with van der Waals surface area (Å²) in [4.78, 5) is 12.3. The second-order valence-electron chi connectivity index (χ2n) is 5.46. The number of ketones is 1. The van der Waals surface area contributed by atoms with Crippen molar-refractivity contribution in [2.24, 2.45) is 0 Å². The van der Waals surface area contributed by atoms with Gasteiger partial charge in [-0.1, -0.05) is 30.3 Å². The van der Waals surface area contributed by atoms with Gasteiger partial charge in [0, 0.05) is 12.6 Å². The van der Waals surface area contributed by atoms with Crippen molar-refractivity contribution >= 4 is 5.78 Å². The van der Waals surface area contributed by atoms with E-state index in [1.807, 2.05) is 30.3 Å². The van der Waals surface area contributed by atoms with Crippen LogP contribution in [0.4, 0.5) is 0 Å². The van der Waals surface area contributed by atoms with Crippen molar-refractivity contribution in [1.82, 2.24) is 9.78 Å². The Hall–Kier alpha value is -3.28. The number of Topliss-reactive ketones (excluding diaryl/α,β-unsaturated/α-hetero) is 1. The third kappa shape index (κ3) is 3.22. The fourth-order valence-corrected chi connectivity index (χ4v) is 2.43. The summed E-state index contributed by atoms with van der Waals surface area (Å²) in [5.41, 5.74) is 1.75. The molecule has 0 radical (unpaired) electrons. The number of phenols is 3. The molecular weight excluding hydrogens is 308 g/mol. The van der Waals surface area contributed by atoms with E-state index >= 15 is 0 Å². The number of carbonyl (C=O) groups excluding carboxylic acids is 1. The number of aromatic nitrogens is 2. The Morgan fingerprint density at radius 2 is 1.71 bits per heavy atom. The lowest BCUT2D eigenvalue weighted by Gasteiger charge is -2.06. The van der Waals surface area contributed by atoms with Crippen LogP contribution < -0.4 is 0 Å². The normalized spacial score (nSPS) is 10.7. The summed E-state index contributed by atoms with van der Waals surface area (Å²) in [5, 5.41) is 32.8. The molecule has 0 aliphatic carbocycles. The van der Waals surface area contributed by atoms with Crippen LogP contribution in [-0.4, -0.2) is 30.9 Å². The van der Waals surface area contributed by atoms with Crippen LogP contribution in [0.15, 0.2) is 54.9 Å². The molecule has 0 amide bonds. The molecule has 3 rings (SSSR count). The van der Waals surface area contributed by atoms with Gasteiger partial charge in [0.15, 0.2) is 17.3 Å². The maximum atomic E-state index is 12.3. The lowest BCUT2D eigenvalue weighted by molar-refractivity contribution is 0.0989. The van der Waals surface area contributed by atoms with Crippen molar-refractivity contribution in [2.75, 3.05) is 0 Å². The fourth-order valence-electron chi connectivity index (χ4n) is 2.43. The van der Waals surface area contributed by atoms with E-state index < -0.39 is 17.2 Å². The molecule has 0 unspecified atom stereocenters. The predicted molar refractivity (Wildman–Crippen MR) is 87.2 cm³/mol. The molecular formula is C18H16N2O4. The standard InChI is InChI=1S/C18H16N2O4/c21-15-7-6-14(17(23)18(15)24)16(22)8-13-9-19-20(11-13)10-12-4-2-1-3-5-12/h1-7,9,11,21,23-24H,8,10H2. The van der Waals surface area contributed by atoms with Crippen LogP contribution >= 0.6 is 0 Å². The molecule has 3 N–H and O–H groups in total. The Bertz CT molecular complexity index is 872. The molecule has 1 heterocycles. The Kier molecular flexibility index (Phi) is 4.20. The quantitative estimate of drug-likeness (QED) is 0.495. The molecule has 0 atom stereocenters. The number of aromatic hydroxyl groups is 3. The monoisotopic (exact) mass is 324 g/mol. The van der Waals surface area contributed by atoms with E-state index in [1.165, 1.54) is 12.1 Å². The number of hydrogen-bond acceptors (Lipinski definition) is 5. The molecule has 3 aromatic rings. The van der Waals surface area contributed by atoms with Crippen molar-refractivity contribution in [3.8, 4) is 17.2 Å². The highest BCUT2D eigenvalue weighted by atomic mass is 16.3. The van der Waals surface area contributed by atoms with Crippen LogP contribution in [-0.2, 0) is 13.0 Å². The third-order valence-corrected chi connectivity index (χ3v) is 3.67. The number of benzene rings is 2. The molecule has 0 saturated carbocycles. The lowest BCUT2D eigenvalue weighted by Crippen LogP contribution is -2.04. The molecule has 0 aliphatic rings. The first kappa shape index (κ1) is 15.6. The van der Waals surface area contributed by atoms with Crippen LogP contribution in [0.25, 0.3) is 0 Å². The van der Waals surface area contributed by atoms with Crippen LogP contribution in [0.5, 0.6) is 17.2 Å². The molecule has 0 aliphatic heterocycles. The first-order valence-electron chi connectivity index (χ1n) is 7.37. The fraction of sp³-hybridized carbons (Fsp3) is 0.111. The number of rotatable bonds is 5. The zero-order valence-corrected chi connectivity index (χ0v) is 12.8. The molecule has 6 heteroatoms. The van der Waals surface area contributed by atoms with E-state index in [1.54, 1.807) is 17.1 Å². The Labute approximate surface area is 138 Å². The SMILES string of the molecule is O=C(Cc1cnn(Cc2ccccc2)c1)c1ccc(O)c(O)c1O. The van der Waals surface area contributed by atoms with Gasteiger partial charge in [0.25, 0.3) is 0 Å². The number of carbonyl (C=O) groups is 1. The molecule has 0 saturated heterocycles. The molecule has 1 aromatic heterocycles. The second kappa shape index (κ2) is 6.45. The van der Waals surface area contributed by atoms with Crippen molar-refractivity contribution in [3.63, 3.8) is 0 Å². The van der Waals surface area contributed by atoms with Crippen molar-refractivity contribution in [3.05, 3.63) is 71.5 Å². The van der Waals surface area contributed by atoms with Crippen molar-refractivity contribution in [2.45, 2.75) is 13.0 Å². The summed E-state index contributed by atoms with van der Waals surface area (Å²) in [6.07, 6.45) is 3.40. The van der Waals surface area contributed by atoms with E-state index in [0.717, 1.165) is 5.56 Å². The topological polar surface area (TPSA) is 95.6 Å².